The number of amides is 1. The third-order valence-electron chi connectivity index (χ3n) is 3.46. The minimum Gasteiger partial charge on any atom is -0.444 e. The molecule has 1 aromatic rings. The lowest BCUT2D eigenvalue weighted by Crippen LogP contribution is -2.50. The molecule has 22 heavy (non-hydrogen) atoms. The van der Waals surface area contributed by atoms with Crippen LogP contribution in [0.2, 0.25) is 0 Å². The number of rotatable bonds is 3. The summed E-state index contributed by atoms with van der Waals surface area (Å²) in [6.45, 7) is 6.28. The van der Waals surface area contributed by atoms with Crippen molar-refractivity contribution in [3.8, 4) is 0 Å². The average molecular weight is 307 g/mol. The van der Waals surface area contributed by atoms with E-state index in [0.717, 1.165) is 12.0 Å². The van der Waals surface area contributed by atoms with E-state index in [2.05, 4.69) is 0 Å². The molecule has 1 amide bonds. The number of benzene rings is 1. The number of aliphatic hydroxyl groups is 1. The first-order valence-electron chi connectivity index (χ1n) is 7.68. The molecule has 1 heterocycles. The Labute approximate surface area is 131 Å². The number of hydrogen-bond acceptors (Lipinski definition) is 4. The quantitative estimate of drug-likeness (QED) is 0.933. The fourth-order valence-corrected chi connectivity index (χ4v) is 2.36. The Balaban J connectivity index is 1.89. The summed E-state index contributed by atoms with van der Waals surface area (Å²) in [5.74, 6) is 0. The molecule has 2 atom stereocenters. The molecule has 0 aromatic heterocycles. The number of nitrogens with zero attached hydrogens (tertiary/aromatic N) is 1. The van der Waals surface area contributed by atoms with Gasteiger partial charge < -0.3 is 14.6 Å². The number of piperidine rings is 1. The summed E-state index contributed by atoms with van der Waals surface area (Å²) in [7, 11) is 0. The second kappa shape index (κ2) is 7.11. The van der Waals surface area contributed by atoms with Gasteiger partial charge in [0.1, 0.15) is 11.8 Å². The Kier molecular flexibility index (Phi) is 5.42. The van der Waals surface area contributed by atoms with E-state index < -0.39 is 17.9 Å². The summed E-state index contributed by atoms with van der Waals surface area (Å²) in [4.78, 5) is 13.5. The molecule has 0 bridgehead atoms. The monoisotopic (exact) mass is 307 g/mol. The lowest BCUT2D eigenvalue weighted by Gasteiger charge is -2.37. The topological polar surface area (TPSA) is 59.0 Å². The average Bonchev–Trinajstić information content (AvgIpc) is 2.45. The zero-order valence-corrected chi connectivity index (χ0v) is 13.5. The number of carbonyl (C=O) groups is 1. The standard InChI is InChI=1S/C17H25NO4/c1-17(2,3)22-16(20)18-11-14(9-10-15(18)19)21-12-13-7-5-4-6-8-13/h4-8,14-15,19H,9-12H2,1-3H3. The summed E-state index contributed by atoms with van der Waals surface area (Å²) in [5, 5.41) is 10.0. The van der Waals surface area contributed by atoms with Gasteiger partial charge in [-0.2, -0.15) is 0 Å². The van der Waals surface area contributed by atoms with Crippen molar-refractivity contribution in [1.82, 2.24) is 4.90 Å². The van der Waals surface area contributed by atoms with Gasteiger partial charge >= 0.3 is 6.09 Å². The Morgan fingerprint density at radius 1 is 1.27 bits per heavy atom. The first-order chi connectivity index (χ1) is 10.3. The smallest absolute Gasteiger partial charge is 0.412 e. The van der Waals surface area contributed by atoms with Crippen molar-refractivity contribution in [1.29, 1.82) is 0 Å². The van der Waals surface area contributed by atoms with Crippen molar-refractivity contribution >= 4 is 6.09 Å². The third kappa shape index (κ3) is 5.00. The van der Waals surface area contributed by atoms with E-state index >= 15 is 0 Å². The van der Waals surface area contributed by atoms with Gasteiger partial charge in [0.2, 0.25) is 0 Å². The molecule has 0 spiro atoms. The molecule has 122 valence electrons. The Bertz CT molecular complexity index is 483. The second-order valence-corrected chi connectivity index (χ2v) is 6.61. The van der Waals surface area contributed by atoms with Crippen molar-refractivity contribution in [3.63, 3.8) is 0 Å². The molecule has 0 saturated carbocycles. The van der Waals surface area contributed by atoms with Crippen LogP contribution in [-0.2, 0) is 16.1 Å². The molecule has 1 fully saturated rings. The van der Waals surface area contributed by atoms with Gasteiger partial charge in [0.25, 0.3) is 0 Å². The lowest BCUT2D eigenvalue weighted by atomic mass is 10.1. The first kappa shape index (κ1) is 16.8. The number of carbonyl (C=O) groups excluding carboxylic acids is 1. The van der Waals surface area contributed by atoms with Crippen LogP contribution in [0.3, 0.4) is 0 Å². The minimum absolute atomic E-state index is 0.0869. The van der Waals surface area contributed by atoms with Crippen molar-refractivity contribution in [2.75, 3.05) is 6.54 Å². The maximum atomic E-state index is 12.1. The highest BCUT2D eigenvalue weighted by Gasteiger charge is 2.33. The van der Waals surface area contributed by atoms with Crippen LogP contribution in [-0.4, -0.2) is 40.6 Å². The van der Waals surface area contributed by atoms with E-state index in [0.29, 0.717) is 19.6 Å². The molecular formula is C17H25NO4. The molecule has 1 aliphatic heterocycles. The number of ether oxygens (including phenoxy) is 2. The van der Waals surface area contributed by atoms with Crippen molar-refractivity contribution in [2.24, 2.45) is 0 Å². The summed E-state index contributed by atoms with van der Waals surface area (Å²) >= 11 is 0. The van der Waals surface area contributed by atoms with Gasteiger partial charge in [-0.3, -0.25) is 4.90 Å². The van der Waals surface area contributed by atoms with Crippen LogP contribution in [0.5, 0.6) is 0 Å². The molecule has 5 heteroatoms. The van der Waals surface area contributed by atoms with Crippen LogP contribution in [0.4, 0.5) is 4.79 Å². The summed E-state index contributed by atoms with van der Waals surface area (Å²) in [6, 6.07) is 9.91. The first-order valence-corrected chi connectivity index (χ1v) is 7.68. The van der Waals surface area contributed by atoms with Crippen LogP contribution in [0, 0.1) is 0 Å². The van der Waals surface area contributed by atoms with E-state index in [1.54, 1.807) is 0 Å². The highest BCUT2D eigenvalue weighted by molar-refractivity contribution is 5.68. The zero-order chi connectivity index (χ0) is 16.2. The maximum absolute atomic E-state index is 12.1. The Hall–Kier alpha value is -1.59. The molecular weight excluding hydrogens is 282 g/mol. The molecule has 2 rings (SSSR count). The van der Waals surface area contributed by atoms with Gasteiger partial charge in [-0.1, -0.05) is 30.3 Å². The second-order valence-electron chi connectivity index (χ2n) is 6.61. The number of aliphatic hydroxyl groups excluding tert-OH is 1. The summed E-state index contributed by atoms with van der Waals surface area (Å²) in [6.07, 6.45) is -0.151. The summed E-state index contributed by atoms with van der Waals surface area (Å²) in [5.41, 5.74) is 0.520. The molecule has 1 aliphatic rings. The zero-order valence-electron chi connectivity index (χ0n) is 13.5. The van der Waals surface area contributed by atoms with Gasteiger partial charge in [-0.15, -0.1) is 0 Å². The van der Waals surface area contributed by atoms with E-state index in [1.807, 2.05) is 51.1 Å². The molecule has 1 N–H and O–H groups in total. The normalized spacial score (nSPS) is 22.5. The van der Waals surface area contributed by atoms with Gasteiger partial charge in [-0.25, -0.2) is 4.79 Å². The van der Waals surface area contributed by atoms with Crippen molar-refractivity contribution < 1.29 is 19.4 Å². The van der Waals surface area contributed by atoms with E-state index in [1.165, 1.54) is 4.90 Å². The third-order valence-corrected chi connectivity index (χ3v) is 3.46. The van der Waals surface area contributed by atoms with E-state index in [-0.39, 0.29) is 6.10 Å². The fraction of sp³-hybridized carbons (Fsp3) is 0.588. The highest BCUT2D eigenvalue weighted by Crippen LogP contribution is 2.21. The van der Waals surface area contributed by atoms with Gasteiger partial charge in [0, 0.05) is 0 Å². The van der Waals surface area contributed by atoms with Crippen molar-refractivity contribution in [3.05, 3.63) is 35.9 Å². The molecule has 5 nitrogen and oxygen atoms in total. The Morgan fingerprint density at radius 2 is 1.95 bits per heavy atom. The van der Waals surface area contributed by atoms with Crippen molar-refractivity contribution in [2.45, 2.75) is 58.2 Å². The highest BCUT2D eigenvalue weighted by atomic mass is 16.6. The lowest BCUT2D eigenvalue weighted by molar-refractivity contribution is -0.0916. The number of hydrogen-bond donors (Lipinski definition) is 1. The van der Waals surface area contributed by atoms with E-state index in [4.69, 9.17) is 9.47 Å². The minimum atomic E-state index is -0.800. The SMILES string of the molecule is CC(C)(C)OC(=O)N1CC(OCc2ccccc2)CCC1O. The largest absolute Gasteiger partial charge is 0.444 e. The van der Waals surface area contributed by atoms with Crippen LogP contribution in [0.15, 0.2) is 30.3 Å². The molecule has 0 aliphatic carbocycles. The fourth-order valence-electron chi connectivity index (χ4n) is 2.36. The van der Waals surface area contributed by atoms with Gasteiger partial charge in [0.05, 0.1) is 19.3 Å². The van der Waals surface area contributed by atoms with Crippen LogP contribution in [0.25, 0.3) is 0 Å². The number of likely N-dealkylation sites (tertiary alicyclic amines) is 1. The summed E-state index contributed by atoms with van der Waals surface area (Å²) < 4.78 is 11.2. The molecule has 1 aromatic carbocycles. The maximum Gasteiger partial charge on any atom is 0.412 e. The van der Waals surface area contributed by atoms with Crippen LogP contribution >= 0.6 is 0 Å². The molecule has 2 unspecified atom stereocenters. The van der Waals surface area contributed by atoms with Crippen LogP contribution in [0.1, 0.15) is 39.2 Å². The van der Waals surface area contributed by atoms with Crippen LogP contribution < -0.4 is 0 Å². The van der Waals surface area contributed by atoms with Gasteiger partial charge in [0.15, 0.2) is 0 Å². The molecule has 0 radical (unpaired) electrons. The molecule has 1 saturated heterocycles. The predicted molar refractivity (Wildman–Crippen MR) is 83.2 cm³/mol. The Morgan fingerprint density at radius 3 is 2.59 bits per heavy atom. The van der Waals surface area contributed by atoms with Gasteiger partial charge in [-0.05, 0) is 39.2 Å². The predicted octanol–water partition coefficient (Wildman–Crippen LogP) is 2.92. The van der Waals surface area contributed by atoms with E-state index in [9.17, 15) is 9.90 Å².